The molecule has 0 saturated carbocycles. The molecule has 0 aromatic heterocycles. The lowest BCUT2D eigenvalue weighted by Gasteiger charge is -2.25. The first-order valence-electron chi connectivity index (χ1n) is 7.39. The van der Waals surface area contributed by atoms with Crippen LogP contribution >= 0.6 is 0 Å². The van der Waals surface area contributed by atoms with Gasteiger partial charge in [0.15, 0.2) is 0 Å². The largest absolute Gasteiger partial charge is 0.426 e. The van der Waals surface area contributed by atoms with Gasteiger partial charge in [0.25, 0.3) is 0 Å². The van der Waals surface area contributed by atoms with Gasteiger partial charge in [0.1, 0.15) is 5.75 Å². The van der Waals surface area contributed by atoms with E-state index in [2.05, 4.69) is 13.8 Å². The van der Waals surface area contributed by atoms with Crippen LogP contribution in [0.2, 0.25) is 0 Å². The maximum Gasteiger partial charge on any atom is 0.317 e. The normalized spacial score (nSPS) is 13.8. The molecule has 0 aliphatic rings. The topological polar surface area (TPSA) is 26.3 Å². The highest BCUT2D eigenvalue weighted by Crippen LogP contribution is 2.30. The highest BCUT2D eigenvalue weighted by Gasteiger charge is 2.32. The Morgan fingerprint density at radius 3 is 2.37 bits per heavy atom. The van der Waals surface area contributed by atoms with Gasteiger partial charge in [-0.1, -0.05) is 57.7 Å². The van der Waals surface area contributed by atoms with Crippen LogP contribution < -0.4 is 4.74 Å². The lowest BCUT2D eigenvalue weighted by Crippen LogP contribution is -2.31. The van der Waals surface area contributed by atoms with Gasteiger partial charge >= 0.3 is 5.97 Å². The Bertz CT molecular complexity index is 372. The molecule has 0 fully saturated rings. The molecule has 1 atom stereocenters. The van der Waals surface area contributed by atoms with Crippen molar-refractivity contribution in [2.75, 3.05) is 0 Å². The van der Waals surface area contributed by atoms with Crippen molar-refractivity contribution in [1.82, 2.24) is 0 Å². The van der Waals surface area contributed by atoms with Gasteiger partial charge in [0.05, 0.1) is 5.41 Å². The van der Waals surface area contributed by atoms with Crippen LogP contribution in [0, 0.1) is 5.41 Å². The molecule has 1 unspecified atom stereocenters. The van der Waals surface area contributed by atoms with Gasteiger partial charge in [0, 0.05) is 0 Å². The molecule has 0 aliphatic carbocycles. The average molecular weight is 262 g/mol. The third-order valence-electron chi connectivity index (χ3n) is 3.81. The molecule has 1 rings (SSSR count). The summed E-state index contributed by atoms with van der Waals surface area (Å²) >= 11 is 0. The quantitative estimate of drug-likeness (QED) is 0.375. The van der Waals surface area contributed by atoms with E-state index in [1.165, 1.54) is 19.3 Å². The molecule has 0 spiro atoms. The molecule has 1 aromatic carbocycles. The highest BCUT2D eigenvalue weighted by molar-refractivity contribution is 5.78. The summed E-state index contributed by atoms with van der Waals surface area (Å²) in [6, 6.07) is 9.33. The second-order valence-corrected chi connectivity index (χ2v) is 5.43. The van der Waals surface area contributed by atoms with Crippen molar-refractivity contribution in [2.45, 2.75) is 59.3 Å². The Morgan fingerprint density at radius 1 is 1.11 bits per heavy atom. The lowest BCUT2D eigenvalue weighted by molar-refractivity contribution is -0.145. The summed E-state index contributed by atoms with van der Waals surface area (Å²) in [4.78, 5) is 12.3. The van der Waals surface area contributed by atoms with Crippen LogP contribution in [-0.2, 0) is 4.79 Å². The third kappa shape index (κ3) is 5.06. The monoisotopic (exact) mass is 262 g/mol. The molecule has 0 aliphatic heterocycles. The molecule has 0 saturated heterocycles. The number of rotatable bonds is 8. The molecule has 2 nitrogen and oxygen atoms in total. The number of ether oxygens (including phenoxy) is 1. The number of hydrogen-bond donors (Lipinski definition) is 0. The summed E-state index contributed by atoms with van der Waals surface area (Å²) in [6.45, 7) is 6.28. The zero-order valence-electron chi connectivity index (χ0n) is 12.4. The lowest BCUT2D eigenvalue weighted by atomic mass is 9.82. The van der Waals surface area contributed by atoms with Crippen molar-refractivity contribution >= 4 is 5.97 Å². The van der Waals surface area contributed by atoms with Crippen molar-refractivity contribution in [3.05, 3.63) is 30.3 Å². The highest BCUT2D eigenvalue weighted by atomic mass is 16.5. The Labute approximate surface area is 117 Å². The van der Waals surface area contributed by atoms with Crippen LogP contribution in [0.5, 0.6) is 5.75 Å². The molecular weight excluding hydrogens is 236 g/mol. The zero-order chi connectivity index (χ0) is 14.1. The summed E-state index contributed by atoms with van der Waals surface area (Å²) in [7, 11) is 0. The number of carbonyl (C=O) groups excluding carboxylic acids is 1. The first-order chi connectivity index (χ1) is 9.12. The maximum absolute atomic E-state index is 12.3. The molecule has 2 heteroatoms. The van der Waals surface area contributed by atoms with Crippen molar-refractivity contribution in [3.63, 3.8) is 0 Å². The molecule has 0 heterocycles. The summed E-state index contributed by atoms with van der Waals surface area (Å²) in [5.74, 6) is 0.540. The number of para-hydroxylation sites is 1. The van der Waals surface area contributed by atoms with Gasteiger partial charge < -0.3 is 4.74 Å². The molecule has 19 heavy (non-hydrogen) atoms. The average Bonchev–Trinajstić information content (AvgIpc) is 2.44. The van der Waals surface area contributed by atoms with E-state index in [1.54, 1.807) is 0 Å². The molecular formula is C17H26O2. The standard InChI is InChI=1S/C17H26O2/c1-4-6-7-11-14-17(3,5-2)16(18)19-15-12-9-8-10-13-15/h8-10,12-13H,4-7,11,14H2,1-3H3. The molecule has 106 valence electrons. The first-order valence-corrected chi connectivity index (χ1v) is 7.39. The number of unbranched alkanes of at least 4 members (excludes halogenated alkanes) is 3. The Balaban J connectivity index is 2.54. The fraction of sp³-hybridized carbons (Fsp3) is 0.588. The SMILES string of the molecule is CCCCCCC(C)(CC)C(=O)Oc1ccccc1. The third-order valence-corrected chi connectivity index (χ3v) is 3.81. The van der Waals surface area contributed by atoms with Gasteiger partial charge in [-0.15, -0.1) is 0 Å². The van der Waals surface area contributed by atoms with Crippen molar-refractivity contribution in [3.8, 4) is 5.75 Å². The van der Waals surface area contributed by atoms with Crippen LogP contribution in [-0.4, -0.2) is 5.97 Å². The van der Waals surface area contributed by atoms with Crippen LogP contribution in [0.3, 0.4) is 0 Å². The second-order valence-electron chi connectivity index (χ2n) is 5.43. The van der Waals surface area contributed by atoms with E-state index in [-0.39, 0.29) is 11.4 Å². The van der Waals surface area contributed by atoms with Gasteiger partial charge in [-0.25, -0.2) is 0 Å². The van der Waals surface area contributed by atoms with E-state index in [9.17, 15) is 4.79 Å². The van der Waals surface area contributed by atoms with E-state index in [0.717, 1.165) is 19.3 Å². The van der Waals surface area contributed by atoms with E-state index in [1.807, 2.05) is 37.3 Å². The second kappa shape index (κ2) is 7.98. The fourth-order valence-electron chi connectivity index (χ4n) is 2.08. The van der Waals surface area contributed by atoms with Gasteiger partial charge in [-0.2, -0.15) is 0 Å². The predicted molar refractivity (Wildman–Crippen MR) is 79.2 cm³/mol. The van der Waals surface area contributed by atoms with Crippen molar-refractivity contribution in [1.29, 1.82) is 0 Å². The summed E-state index contributed by atoms with van der Waals surface area (Å²) < 4.78 is 5.49. The summed E-state index contributed by atoms with van der Waals surface area (Å²) in [5.41, 5.74) is -0.358. The minimum absolute atomic E-state index is 0.0994. The van der Waals surface area contributed by atoms with Gasteiger partial charge in [0.2, 0.25) is 0 Å². The van der Waals surface area contributed by atoms with Crippen LogP contribution in [0.25, 0.3) is 0 Å². The molecule has 0 radical (unpaired) electrons. The minimum Gasteiger partial charge on any atom is -0.426 e. The first kappa shape index (κ1) is 15.7. The van der Waals surface area contributed by atoms with Crippen LogP contribution in [0.1, 0.15) is 59.3 Å². The molecule has 0 amide bonds. The Kier molecular flexibility index (Phi) is 6.61. The number of esters is 1. The van der Waals surface area contributed by atoms with Gasteiger partial charge in [-0.05, 0) is 31.9 Å². The van der Waals surface area contributed by atoms with E-state index < -0.39 is 0 Å². The summed E-state index contributed by atoms with van der Waals surface area (Å²) in [5, 5.41) is 0. The van der Waals surface area contributed by atoms with E-state index in [0.29, 0.717) is 5.75 Å². The summed E-state index contributed by atoms with van der Waals surface area (Å²) in [6.07, 6.45) is 6.50. The molecule has 0 bridgehead atoms. The fourth-order valence-corrected chi connectivity index (χ4v) is 2.08. The zero-order valence-corrected chi connectivity index (χ0v) is 12.4. The predicted octanol–water partition coefficient (Wildman–Crippen LogP) is 4.98. The minimum atomic E-state index is -0.358. The number of benzene rings is 1. The Hall–Kier alpha value is -1.31. The maximum atomic E-state index is 12.3. The number of carbonyl (C=O) groups is 1. The number of hydrogen-bond acceptors (Lipinski definition) is 2. The smallest absolute Gasteiger partial charge is 0.317 e. The van der Waals surface area contributed by atoms with Crippen molar-refractivity contribution < 1.29 is 9.53 Å². The van der Waals surface area contributed by atoms with E-state index in [4.69, 9.17) is 4.74 Å². The van der Waals surface area contributed by atoms with Crippen LogP contribution in [0.4, 0.5) is 0 Å². The molecule has 1 aromatic rings. The Morgan fingerprint density at radius 2 is 1.79 bits per heavy atom. The van der Waals surface area contributed by atoms with Crippen LogP contribution in [0.15, 0.2) is 30.3 Å². The van der Waals surface area contributed by atoms with E-state index >= 15 is 0 Å². The molecule has 0 N–H and O–H groups in total. The van der Waals surface area contributed by atoms with Crippen molar-refractivity contribution in [2.24, 2.45) is 5.41 Å². The van der Waals surface area contributed by atoms with Gasteiger partial charge in [-0.3, -0.25) is 4.79 Å².